The van der Waals surface area contributed by atoms with Crippen molar-refractivity contribution >= 4 is 11.8 Å². The van der Waals surface area contributed by atoms with E-state index in [2.05, 4.69) is 4.98 Å². The minimum absolute atomic E-state index is 0.330. The largest absolute Gasteiger partial charge is 0.473 e. The predicted octanol–water partition coefficient (Wildman–Crippen LogP) is 0.842. The topological polar surface area (TPSA) is 51.7 Å². The van der Waals surface area contributed by atoms with Crippen molar-refractivity contribution in [1.29, 1.82) is 0 Å². The van der Waals surface area contributed by atoms with Gasteiger partial charge in [-0.05, 0) is 19.1 Å². The van der Waals surface area contributed by atoms with Gasteiger partial charge >= 0.3 is 5.97 Å². The van der Waals surface area contributed by atoms with Crippen LogP contribution >= 0.6 is 0 Å². The number of hydrogen-bond donors (Lipinski definition) is 0. The van der Waals surface area contributed by atoms with Crippen LogP contribution in [0.3, 0.4) is 0 Å². The third-order valence-corrected chi connectivity index (χ3v) is 2.37. The van der Waals surface area contributed by atoms with Gasteiger partial charge in [-0.15, -0.1) is 0 Å². The number of esters is 1. The lowest BCUT2D eigenvalue weighted by Crippen LogP contribution is -2.43. The number of pyridine rings is 1. The highest BCUT2D eigenvalue weighted by Gasteiger charge is 2.30. The number of hydrogen-bond acceptors (Lipinski definition) is 5. The van der Waals surface area contributed by atoms with Gasteiger partial charge in [0.15, 0.2) is 11.6 Å². The molecular weight excluding hydrogens is 208 g/mol. The molecule has 0 N–H and O–H groups in total. The zero-order valence-corrected chi connectivity index (χ0v) is 9.34. The zero-order valence-electron chi connectivity index (χ0n) is 9.34. The van der Waals surface area contributed by atoms with Gasteiger partial charge < -0.3 is 14.4 Å². The van der Waals surface area contributed by atoms with E-state index in [4.69, 9.17) is 9.47 Å². The van der Waals surface area contributed by atoms with Crippen LogP contribution in [-0.2, 0) is 9.53 Å². The van der Waals surface area contributed by atoms with Crippen LogP contribution in [0.2, 0.25) is 0 Å². The quantitative estimate of drug-likeness (QED) is 0.694. The maximum Gasteiger partial charge on any atom is 0.349 e. The second-order valence-electron chi connectivity index (χ2n) is 3.56. The summed E-state index contributed by atoms with van der Waals surface area (Å²) in [6.45, 7) is 2.60. The third kappa shape index (κ3) is 1.93. The van der Waals surface area contributed by atoms with Crippen molar-refractivity contribution in [3.05, 3.63) is 18.3 Å². The molecule has 0 bridgehead atoms. The fourth-order valence-electron chi connectivity index (χ4n) is 1.64. The summed E-state index contributed by atoms with van der Waals surface area (Å²) in [5.41, 5.74) is 0. The van der Waals surface area contributed by atoms with Gasteiger partial charge in [0, 0.05) is 13.2 Å². The van der Waals surface area contributed by atoms with Crippen LogP contribution in [0.25, 0.3) is 0 Å². The lowest BCUT2D eigenvalue weighted by molar-refractivity contribution is -0.151. The van der Waals surface area contributed by atoms with Gasteiger partial charge in [-0.25, -0.2) is 9.78 Å². The Balaban J connectivity index is 2.18. The molecule has 16 heavy (non-hydrogen) atoms. The van der Waals surface area contributed by atoms with Crippen LogP contribution in [-0.4, -0.2) is 37.3 Å². The van der Waals surface area contributed by atoms with Gasteiger partial charge in [-0.3, -0.25) is 0 Å². The summed E-state index contributed by atoms with van der Waals surface area (Å²) in [6, 6.07) is 3.57. The van der Waals surface area contributed by atoms with Gasteiger partial charge in [0.25, 0.3) is 0 Å². The SMILES string of the molecule is CCOC(=O)C1CN(C)c2ncccc2O1. The molecular formula is C11H14N2O3. The van der Waals surface area contributed by atoms with E-state index in [1.165, 1.54) is 0 Å². The van der Waals surface area contributed by atoms with E-state index >= 15 is 0 Å². The van der Waals surface area contributed by atoms with Crippen LogP contribution in [0, 0.1) is 0 Å². The third-order valence-electron chi connectivity index (χ3n) is 2.37. The lowest BCUT2D eigenvalue weighted by atomic mass is 10.2. The van der Waals surface area contributed by atoms with Gasteiger partial charge in [-0.1, -0.05) is 0 Å². The summed E-state index contributed by atoms with van der Waals surface area (Å²) in [5.74, 6) is 1.04. The first-order valence-electron chi connectivity index (χ1n) is 5.21. The molecule has 0 aliphatic carbocycles. The summed E-state index contributed by atoms with van der Waals surface area (Å²) in [7, 11) is 1.88. The van der Waals surface area contributed by atoms with Crippen molar-refractivity contribution in [2.75, 3.05) is 25.1 Å². The van der Waals surface area contributed by atoms with Gasteiger partial charge in [0.2, 0.25) is 6.10 Å². The highest BCUT2D eigenvalue weighted by Crippen LogP contribution is 2.29. The highest BCUT2D eigenvalue weighted by atomic mass is 16.6. The molecule has 1 aromatic heterocycles. The Bertz CT molecular complexity index is 395. The Labute approximate surface area is 94.0 Å². The van der Waals surface area contributed by atoms with E-state index < -0.39 is 6.10 Å². The normalized spacial score (nSPS) is 18.6. The first-order valence-corrected chi connectivity index (χ1v) is 5.21. The number of carbonyl (C=O) groups excluding carboxylic acids is 1. The van der Waals surface area contributed by atoms with Crippen LogP contribution in [0.4, 0.5) is 5.82 Å². The van der Waals surface area contributed by atoms with Crippen molar-refractivity contribution in [2.45, 2.75) is 13.0 Å². The molecule has 0 saturated carbocycles. The van der Waals surface area contributed by atoms with Gasteiger partial charge in [0.05, 0.1) is 13.2 Å². The molecule has 0 aromatic carbocycles. The molecule has 0 amide bonds. The second-order valence-corrected chi connectivity index (χ2v) is 3.56. The number of likely N-dealkylation sites (N-methyl/N-ethyl adjacent to an activating group) is 1. The number of nitrogens with zero attached hydrogens (tertiary/aromatic N) is 2. The Hall–Kier alpha value is -1.78. The fraction of sp³-hybridized carbons (Fsp3) is 0.455. The van der Waals surface area contributed by atoms with Crippen molar-refractivity contribution < 1.29 is 14.3 Å². The second kappa shape index (κ2) is 4.38. The Kier molecular flexibility index (Phi) is 2.94. The molecule has 5 nitrogen and oxygen atoms in total. The van der Waals surface area contributed by atoms with Crippen LogP contribution in [0.5, 0.6) is 5.75 Å². The van der Waals surface area contributed by atoms with Crippen LogP contribution < -0.4 is 9.64 Å². The van der Waals surface area contributed by atoms with Crippen LogP contribution in [0.15, 0.2) is 18.3 Å². The predicted molar refractivity (Wildman–Crippen MR) is 58.6 cm³/mol. The standard InChI is InChI=1S/C11H14N2O3/c1-3-15-11(14)9-7-13(2)10-8(16-9)5-4-6-12-10/h4-6,9H,3,7H2,1-2H3. The molecule has 0 saturated heterocycles. The minimum atomic E-state index is -0.568. The van der Waals surface area contributed by atoms with Gasteiger partial charge in [0.1, 0.15) is 0 Å². The Morgan fingerprint density at radius 1 is 1.75 bits per heavy atom. The van der Waals surface area contributed by atoms with E-state index in [1.807, 2.05) is 11.9 Å². The molecule has 2 rings (SSSR count). The smallest absolute Gasteiger partial charge is 0.349 e. The molecule has 1 unspecified atom stereocenters. The van der Waals surface area contributed by atoms with Gasteiger partial charge in [-0.2, -0.15) is 0 Å². The molecule has 1 aliphatic heterocycles. The summed E-state index contributed by atoms with van der Waals surface area (Å²) < 4.78 is 10.5. The average molecular weight is 222 g/mol. The zero-order chi connectivity index (χ0) is 11.5. The van der Waals surface area contributed by atoms with E-state index in [9.17, 15) is 4.79 Å². The van der Waals surface area contributed by atoms with Crippen molar-refractivity contribution in [1.82, 2.24) is 4.98 Å². The maximum absolute atomic E-state index is 11.6. The average Bonchev–Trinajstić information content (AvgIpc) is 2.29. The summed E-state index contributed by atoms with van der Waals surface area (Å²) >= 11 is 0. The van der Waals surface area contributed by atoms with E-state index in [-0.39, 0.29) is 5.97 Å². The number of aromatic nitrogens is 1. The Morgan fingerprint density at radius 3 is 3.31 bits per heavy atom. The van der Waals surface area contributed by atoms with Crippen molar-refractivity contribution in [3.63, 3.8) is 0 Å². The number of anilines is 1. The monoisotopic (exact) mass is 222 g/mol. The molecule has 1 aromatic rings. The number of carbonyl (C=O) groups is 1. The summed E-state index contributed by atoms with van der Waals surface area (Å²) in [4.78, 5) is 17.6. The Morgan fingerprint density at radius 2 is 2.56 bits per heavy atom. The molecule has 0 radical (unpaired) electrons. The molecule has 0 spiro atoms. The first kappa shape index (κ1) is 10.7. The lowest BCUT2D eigenvalue weighted by Gasteiger charge is -2.31. The maximum atomic E-state index is 11.6. The van der Waals surface area contributed by atoms with E-state index in [0.717, 1.165) is 5.82 Å². The van der Waals surface area contributed by atoms with Crippen LogP contribution in [0.1, 0.15) is 6.92 Å². The number of ether oxygens (including phenoxy) is 2. The fourth-order valence-corrected chi connectivity index (χ4v) is 1.64. The summed E-state index contributed by atoms with van der Waals surface area (Å²) in [5, 5.41) is 0. The highest BCUT2D eigenvalue weighted by molar-refractivity contribution is 5.77. The molecule has 86 valence electrons. The van der Waals surface area contributed by atoms with Crippen molar-refractivity contribution in [3.8, 4) is 5.75 Å². The summed E-state index contributed by atoms with van der Waals surface area (Å²) in [6.07, 6.45) is 1.13. The minimum Gasteiger partial charge on any atom is -0.473 e. The molecule has 0 fully saturated rings. The molecule has 1 atom stereocenters. The molecule has 1 aliphatic rings. The first-order chi connectivity index (χ1) is 7.72. The number of rotatable bonds is 2. The molecule has 2 heterocycles. The van der Waals surface area contributed by atoms with E-state index in [1.54, 1.807) is 25.3 Å². The number of fused-ring (bicyclic) bond motifs is 1. The van der Waals surface area contributed by atoms with Crippen molar-refractivity contribution in [2.24, 2.45) is 0 Å². The van der Waals surface area contributed by atoms with E-state index in [0.29, 0.717) is 18.9 Å². The molecule has 5 heteroatoms.